The average molecular weight is 283 g/mol. The number of aromatic nitrogens is 2. The minimum Gasteiger partial charge on any atom is -0.402 e. The number of nitrogens with zero attached hydrogens (tertiary/aromatic N) is 3. The molecule has 2 aliphatic heterocycles. The first-order valence-corrected chi connectivity index (χ1v) is 7.44. The number of ether oxygens (including phenoxy) is 2. The smallest absolute Gasteiger partial charge is 0.315 e. The fourth-order valence-electron chi connectivity index (χ4n) is 2.47. The summed E-state index contributed by atoms with van der Waals surface area (Å²) in [6.45, 7) is 3.20. The van der Waals surface area contributed by atoms with Crippen LogP contribution in [0.1, 0.15) is 25.7 Å². The number of esters is 1. The van der Waals surface area contributed by atoms with E-state index in [4.69, 9.17) is 9.47 Å². The van der Waals surface area contributed by atoms with Crippen LogP contribution in [0.3, 0.4) is 0 Å². The summed E-state index contributed by atoms with van der Waals surface area (Å²) in [4.78, 5) is 14.2. The first kappa shape index (κ1) is 12.8. The highest BCUT2D eigenvalue weighted by molar-refractivity contribution is 6.99. The van der Waals surface area contributed by atoms with Crippen molar-refractivity contribution < 1.29 is 14.3 Å². The molecule has 6 nitrogen and oxygen atoms in total. The molecular formula is C12H17N3O3S. The molecule has 1 aromatic rings. The minimum absolute atomic E-state index is 0.0677. The molecule has 0 aromatic carbocycles. The molecule has 2 aliphatic rings. The van der Waals surface area contributed by atoms with Crippen LogP contribution >= 0.6 is 11.7 Å². The maximum atomic E-state index is 12.1. The van der Waals surface area contributed by atoms with E-state index in [1.165, 1.54) is 0 Å². The molecule has 2 saturated heterocycles. The van der Waals surface area contributed by atoms with Gasteiger partial charge < -0.3 is 14.4 Å². The minimum atomic E-state index is -0.198. The van der Waals surface area contributed by atoms with Gasteiger partial charge in [-0.3, -0.25) is 4.79 Å². The Labute approximate surface area is 116 Å². The van der Waals surface area contributed by atoms with Crippen LogP contribution in [0, 0.1) is 5.92 Å². The molecule has 1 aromatic heterocycles. The van der Waals surface area contributed by atoms with Gasteiger partial charge in [-0.05, 0) is 25.7 Å². The Morgan fingerprint density at radius 1 is 1.26 bits per heavy atom. The van der Waals surface area contributed by atoms with E-state index in [0.717, 1.165) is 56.3 Å². The van der Waals surface area contributed by atoms with E-state index in [-0.39, 0.29) is 11.9 Å². The van der Waals surface area contributed by atoms with E-state index < -0.39 is 0 Å². The third-order valence-electron chi connectivity index (χ3n) is 3.60. The van der Waals surface area contributed by atoms with E-state index in [2.05, 4.69) is 13.6 Å². The summed E-state index contributed by atoms with van der Waals surface area (Å²) >= 11 is 1.10. The third kappa shape index (κ3) is 2.87. The van der Waals surface area contributed by atoms with Crippen molar-refractivity contribution in [2.45, 2.75) is 25.7 Å². The first-order chi connectivity index (χ1) is 9.34. The SMILES string of the molecule is O=C(Oc1nsnc1N1CCCC1)C1CCOCC1. The Morgan fingerprint density at radius 2 is 2.00 bits per heavy atom. The van der Waals surface area contributed by atoms with Crippen LogP contribution in [0.15, 0.2) is 0 Å². The van der Waals surface area contributed by atoms with Crippen LogP contribution < -0.4 is 9.64 Å². The lowest BCUT2D eigenvalue weighted by atomic mass is 10.0. The number of anilines is 1. The number of hydrogen-bond donors (Lipinski definition) is 0. The summed E-state index contributed by atoms with van der Waals surface area (Å²) in [6, 6.07) is 0. The highest BCUT2D eigenvalue weighted by atomic mass is 32.1. The zero-order valence-corrected chi connectivity index (χ0v) is 11.5. The van der Waals surface area contributed by atoms with Crippen molar-refractivity contribution in [2.24, 2.45) is 5.92 Å². The van der Waals surface area contributed by atoms with E-state index in [1.54, 1.807) is 0 Å². The standard InChI is InChI=1S/C12H17N3O3S/c16-12(9-3-7-17-8-4-9)18-11-10(13-19-14-11)15-5-1-2-6-15/h9H,1-8H2. The van der Waals surface area contributed by atoms with Crippen LogP contribution in [0.25, 0.3) is 0 Å². The Bertz CT molecular complexity index is 439. The zero-order chi connectivity index (χ0) is 13.1. The van der Waals surface area contributed by atoms with Crippen molar-refractivity contribution in [3.63, 3.8) is 0 Å². The van der Waals surface area contributed by atoms with Crippen LogP contribution in [0.4, 0.5) is 5.82 Å². The second-order valence-corrected chi connectivity index (χ2v) is 5.42. The Kier molecular flexibility index (Phi) is 3.93. The van der Waals surface area contributed by atoms with Crippen LogP contribution in [-0.2, 0) is 9.53 Å². The molecule has 3 rings (SSSR count). The van der Waals surface area contributed by atoms with Crippen molar-refractivity contribution in [1.82, 2.24) is 8.75 Å². The number of hydrogen-bond acceptors (Lipinski definition) is 7. The summed E-state index contributed by atoms with van der Waals surface area (Å²) in [5.41, 5.74) is 0. The first-order valence-electron chi connectivity index (χ1n) is 6.71. The third-order valence-corrected chi connectivity index (χ3v) is 4.10. The quantitative estimate of drug-likeness (QED) is 0.783. The Morgan fingerprint density at radius 3 is 2.74 bits per heavy atom. The van der Waals surface area contributed by atoms with Crippen LogP contribution in [-0.4, -0.2) is 41.0 Å². The van der Waals surface area contributed by atoms with Gasteiger partial charge in [-0.2, -0.15) is 4.37 Å². The van der Waals surface area contributed by atoms with Gasteiger partial charge in [0.1, 0.15) is 0 Å². The summed E-state index contributed by atoms with van der Waals surface area (Å²) < 4.78 is 19.0. The summed E-state index contributed by atoms with van der Waals surface area (Å²) in [5, 5.41) is 0. The summed E-state index contributed by atoms with van der Waals surface area (Å²) in [7, 11) is 0. The molecule has 2 fully saturated rings. The highest BCUT2D eigenvalue weighted by Gasteiger charge is 2.27. The topological polar surface area (TPSA) is 64.5 Å². The van der Waals surface area contributed by atoms with Gasteiger partial charge in [-0.15, -0.1) is 4.37 Å². The molecule has 0 amide bonds. The molecule has 0 aliphatic carbocycles. The largest absolute Gasteiger partial charge is 0.402 e. The van der Waals surface area contributed by atoms with E-state index in [1.807, 2.05) is 0 Å². The molecular weight excluding hydrogens is 266 g/mol. The molecule has 0 N–H and O–H groups in total. The molecule has 0 spiro atoms. The fourth-order valence-corrected chi connectivity index (χ4v) is 2.98. The molecule has 7 heteroatoms. The maximum absolute atomic E-state index is 12.1. The second kappa shape index (κ2) is 5.83. The van der Waals surface area contributed by atoms with Gasteiger partial charge in [-0.1, -0.05) is 0 Å². The van der Waals surface area contributed by atoms with Gasteiger partial charge in [0, 0.05) is 26.3 Å². The Balaban J connectivity index is 1.65. The fraction of sp³-hybridized carbons (Fsp3) is 0.750. The van der Waals surface area contributed by atoms with Crippen LogP contribution in [0.2, 0.25) is 0 Å². The predicted octanol–water partition coefficient (Wildman–Crippen LogP) is 1.47. The average Bonchev–Trinajstić information content (AvgIpc) is 3.10. The lowest BCUT2D eigenvalue weighted by Gasteiger charge is -2.20. The zero-order valence-electron chi connectivity index (χ0n) is 10.7. The van der Waals surface area contributed by atoms with E-state index in [0.29, 0.717) is 19.1 Å². The van der Waals surface area contributed by atoms with E-state index in [9.17, 15) is 4.79 Å². The molecule has 0 bridgehead atoms. The van der Waals surface area contributed by atoms with E-state index >= 15 is 0 Å². The van der Waals surface area contributed by atoms with Crippen molar-refractivity contribution in [1.29, 1.82) is 0 Å². The number of rotatable bonds is 3. The maximum Gasteiger partial charge on any atom is 0.315 e. The van der Waals surface area contributed by atoms with Gasteiger partial charge in [0.2, 0.25) is 5.82 Å². The van der Waals surface area contributed by atoms with Gasteiger partial charge in [-0.25, -0.2) is 0 Å². The molecule has 19 heavy (non-hydrogen) atoms. The van der Waals surface area contributed by atoms with Gasteiger partial charge in [0.15, 0.2) is 0 Å². The van der Waals surface area contributed by atoms with Crippen molar-refractivity contribution in [3.05, 3.63) is 0 Å². The molecule has 104 valence electrons. The molecule has 0 radical (unpaired) electrons. The lowest BCUT2D eigenvalue weighted by Crippen LogP contribution is -2.28. The summed E-state index contributed by atoms with van der Waals surface area (Å²) in [5.74, 6) is 0.838. The van der Waals surface area contributed by atoms with Crippen molar-refractivity contribution >= 4 is 23.5 Å². The monoisotopic (exact) mass is 283 g/mol. The van der Waals surface area contributed by atoms with Gasteiger partial charge in [0.25, 0.3) is 5.88 Å². The Hall–Kier alpha value is -1.21. The summed E-state index contributed by atoms with van der Waals surface area (Å²) in [6.07, 6.45) is 3.78. The normalized spacial score (nSPS) is 20.7. The molecule has 0 atom stereocenters. The molecule has 0 unspecified atom stereocenters. The molecule has 0 saturated carbocycles. The number of carbonyl (C=O) groups excluding carboxylic acids is 1. The number of carbonyl (C=O) groups is 1. The van der Waals surface area contributed by atoms with Gasteiger partial charge >= 0.3 is 5.97 Å². The molecule has 3 heterocycles. The second-order valence-electron chi connectivity index (χ2n) is 4.89. The lowest BCUT2D eigenvalue weighted by molar-refractivity contribution is -0.142. The highest BCUT2D eigenvalue weighted by Crippen LogP contribution is 2.29. The van der Waals surface area contributed by atoms with Crippen molar-refractivity contribution in [3.8, 4) is 5.88 Å². The predicted molar refractivity (Wildman–Crippen MR) is 70.5 cm³/mol. The van der Waals surface area contributed by atoms with Crippen molar-refractivity contribution in [2.75, 3.05) is 31.2 Å². The van der Waals surface area contributed by atoms with Crippen LogP contribution in [0.5, 0.6) is 5.88 Å². The van der Waals surface area contributed by atoms with Gasteiger partial charge in [0.05, 0.1) is 17.6 Å².